The van der Waals surface area contributed by atoms with E-state index in [0.29, 0.717) is 18.2 Å². The second kappa shape index (κ2) is 7.92. The molecule has 1 atom stereocenters. The Bertz CT molecular complexity index is 1190. The highest BCUT2D eigenvalue weighted by Gasteiger charge is 2.23. The molecule has 152 valence electrons. The molecule has 1 saturated heterocycles. The number of rotatable bonds is 5. The van der Waals surface area contributed by atoms with E-state index in [-0.39, 0.29) is 5.91 Å². The van der Waals surface area contributed by atoms with Gasteiger partial charge in [0.2, 0.25) is 0 Å². The number of carbonyl (C=O) groups excluding carboxylic acids is 1. The fourth-order valence-corrected chi connectivity index (χ4v) is 4.37. The monoisotopic (exact) mass is 398 g/mol. The van der Waals surface area contributed by atoms with Gasteiger partial charge in [-0.1, -0.05) is 48.0 Å². The van der Waals surface area contributed by atoms with Crippen LogP contribution in [0.3, 0.4) is 0 Å². The highest BCUT2D eigenvalue weighted by atomic mass is 16.1. The maximum absolute atomic E-state index is 12.7. The molecule has 4 aromatic rings. The standard InChI is InChI=1S/C25H26N4O/c1-17-4-6-18(7-5-17)15-29-12-10-19(16-29)14-27-25(30)22-13-21-9-8-20-3-2-11-26-23(20)24(21)28-22/h2-9,11,13,19,28H,10,12,14-16H2,1H3,(H,27,30). The van der Waals surface area contributed by atoms with E-state index in [9.17, 15) is 4.79 Å². The fourth-order valence-electron chi connectivity index (χ4n) is 4.37. The number of aromatic nitrogens is 2. The maximum Gasteiger partial charge on any atom is 0.267 e. The minimum absolute atomic E-state index is 0.0488. The number of aromatic amines is 1. The van der Waals surface area contributed by atoms with E-state index in [4.69, 9.17) is 0 Å². The van der Waals surface area contributed by atoms with Crippen LogP contribution in [0, 0.1) is 12.8 Å². The van der Waals surface area contributed by atoms with Crippen LogP contribution in [0.5, 0.6) is 0 Å². The second-order valence-electron chi connectivity index (χ2n) is 8.37. The molecule has 0 bridgehead atoms. The van der Waals surface area contributed by atoms with Crippen molar-refractivity contribution in [2.24, 2.45) is 5.92 Å². The number of likely N-dealkylation sites (tertiary alicyclic amines) is 1. The number of aryl methyl sites for hydroxylation is 1. The quantitative estimate of drug-likeness (QED) is 0.528. The van der Waals surface area contributed by atoms with Crippen molar-refractivity contribution in [1.82, 2.24) is 20.2 Å². The smallest absolute Gasteiger partial charge is 0.267 e. The zero-order chi connectivity index (χ0) is 20.5. The Hall–Kier alpha value is -3.18. The van der Waals surface area contributed by atoms with E-state index in [2.05, 4.69) is 51.4 Å². The van der Waals surface area contributed by atoms with Crippen LogP contribution < -0.4 is 5.32 Å². The van der Waals surface area contributed by atoms with Crippen molar-refractivity contribution in [3.63, 3.8) is 0 Å². The minimum Gasteiger partial charge on any atom is -0.350 e. The van der Waals surface area contributed by atoms with Crippen LogP contribution in [0.1, 0.15) is 28.0 Å². The Morgan fingerprint density at radius 3 is 2.87 bits per heavy atom. The molecular weight excluding hydrogens is 372 g/mol. The molecule has 0 saturated carbocycles. The van der Waals surface area contributed by atoms with E-state index < -0.39 is 0 Å². The van der Waals surface area contributed by atoms with E-state index in [1.165, 1.54) is 11.1 Å². The molecule has 1 aliphatic rings. The third-order valence-corrected chi connectivity index (χ3v) is 6.06. The second-order valence-corrected chi connectivity index (χ2v) is 8.37. The lowest BCUT2D eigenvalue weighted by molar-refractivity contribution is 0.0943. The summed E-state index contributed by atoms with van der Waals surface area (Å²) >= 11 is 0. The fraction of sp³-hybridized carbons (Fsp3) is 0.280. The van der Waals surface area contributed by atoms with Gasteiger partial charge in [-0.25, -0.2) is 0 Å². The summed E-state index contributed by atoms with van der Waals surface area (Å²) in [5.41, 5.74) is 5.06. The van der Waals surface area contributed by atoms with Crippen LogP contribution in [0.25, 0.3) is 21.8 Å². The lowest BCUT2D eigenvalue weighted by Gasteiger charge is -2.16. The predicted molar refractivity (Wildman–Crippen MR) is 120 cm³/mol. The Morgan fingerprint density at radius 2 is 2.00 bits per heavy atom. The first-order valence-corrected chi connectivity index (χ1v) is 10.6. The molecule has 5 nitrogen and oxygen atoms in total. The minimum atomic E-state index is -0.0488. The topological polar surface area (TPSA) is 61.0 Å². The molecule has 2 aromatic carbocycles. The summed E-state index contributed by atoms with van der Waals surface area (Å²) in [4.78, 5) is 23.0. The summed E-state index contributed by atoms with van der Waals surface area (Å²) in [6, 6.07) is 18.7. The van der Waals surface area contributed by atoms with Gasteiger partial charge in [0.25, 0.3) is 5.91 Å². The Kier molecular flexibility index (Phi) is 4.97. The molecule has 5 heteroatoms. The van der Waals surface area contributed by atoms with Gasteiger partial charge < -0.3 is 10.3 Å². The first-order valence-electron chi connectivity index (χ1n) is 10.6. The van der Waals surface area contributed by atoms with Crippen molar-refractivity contribution in [2.45, 2.75) is 19.9 Å². The molecule has 2 aromatic heterocycles. The maximum atomic E-state index is 12.7. The summed E-state index contributed by atoms with van der Waals surface area (Å²) in [7, 11) is 0. The molecule has 0 aliphatic carbocycles. The van der Waals surface area contributed by atoms with Crippen LogP contribution in [0.15, 0.2) is 60.8 Å². The van der Waals surface area contributed by atoms with Crippen LogP contribution in [-0.4, -0.2) is 40.4 Å². The number of fused-ring (bicyclic) bond motifs is 3. The van der Waals surface area contributed by atoms with Gasteiger partial charge in [0, 0.05) is 36.6 Å². The number of carbonyl (C=O) groups is 1. The first-order chi connectivity index (χ1) is 14.7. The number of benzene rings is 2. The molecule has 1 amide bonds. The van der Waals surface area contributed by atoms with E-state index >= 15 is 0 Å². The van der Waals surface area contributed by atoms with Gasteiger partial charge in [-0.3, -0.25) is 14.7 Å². The summed E-state index contributed by atoms with van der Waals surface area (Å²) in [6.07, 6.45) is 2.90. The Morgan fingerprint density at radius 1 is 1.17 bits per heavy atom. The molecule has 0 radical (unpaired) electrons. The number of H-pyrrole nitrogens is 1. The van der Waals surface area contributed by atoms with Gasteiger partial charge >= 0.3 is 0 Å². The van der Waals surface area contributed by atoms with Gasteiger partial charge in [-0.15, -0.1) is 0 Å². The summed E-state index contributed by atoms with van der Waals surface area (Å²) in [5, 5.41) is 5.20. The van der Waals surface area contributed by atoms with E-state index in [1.807, 2.05) is 30.3 Å². The molecular formula is C25H26N4O. The summed E-state index contributed by atoms with van der Waals surface area (Å²) < 4.78 is 0. The summed E-state index contributed by atoms with van der Waals surface area (Å²) in [5.74, 6) is 0.443. The third-order valence-electron chi connectivity index (χ3n) is 6.06. The highest BCUT2D eigenvalue weighted by Crippen LogP contribution is 2.24. The molecule has 1 unspecified atom stereocenters. The van der Waals surface area contributed by atoms with E-state index in [0.717, 1.165) is 47.9 Å². The molecule has 1 fully saturated rings. The normalized spacial score (nSPS) is 17.0. The van der Waals surface area contributed by atoms with E-state index in [1.54, 1.807) is 6.20 Å². The number of hydrogen-bond donors (Lipinski definition) is 2. The van der Waals surface area contributed by atoms with Crippen molar-refractivity contribution < 1.29 is 4.79 Å². The van der Waals surface area contributed by atoms with Crippen LogP contribution >= 0.6 is 0 Å². The van der Waals surface area contributed by atoms with Gasteiger partial charge in [0.05, 0.1) is 11.0 Å². The molecule has 30 heavy (non-hydrogen) atoms. The SMILES string of the molecule is Cc1ccc(CN2CCC(CNC(=O)c3cc4ccc5cccnc5c4[nH]3)C2)cc1. The predicted octanol–water partition coefficient (Wildman–Crippen LogP) is 4.28. The number of pyridine rings is 1. The van der Waals surface area contributed by atoms with Gasteiger partial charge in [-0.05, 0) is 43.5 Å². The van der Waals surface area contributed by atoms with Crippen molar-refractivity contribution in [2.75, 3.05) is 19.6 Å². The number of amides is 1. The zero-order valence-corrected chi connectivity index (χ0v) is 17.2. The van der Waals surface area contributed by atoms with Crippen LogP contribution in [0.4, 0.5) is 0 Å². The lowest BCUT2D eigenvalue weighted by atomic mass is 10.1. The third kappa shape index (κ3) is 3.81. The van der Waals surface area contributed by atoms with Gasteiger partial charge in [-0.2, -0.15) is 0 Å². The number of nitrogens with zero attached hydrogens (tertiary/aromatic N) is 2. The molecule has 5 rings (SSSR count). The molecule has 3 heterocycles. The average Bonchev–Trinajstić information content (AvgIpc) is 3.41. The van der Waals surface area contributed by atoms with Crippen molar-refractivity contribution >= 4 is 27.7 Å². The van der Waals surface area contributed by atoms with Crippen LogP contribution in [0.2, 0.25) is 0 Å². The number of nitrogens with one attached hydrogen (secondary N) is 2. The van der Waals surface area contributed by atoms with Gasteiger partial charge in [0.1, 0.15) is 5.69 Å². The first kappa shape index (κ1) is 18.8. The lowest BCUT2D eigenvalue weighted by Crippen LogP contribution is -2.31. The molecule has 2 N–H and O–H groups in total. The van der Waals surface area contributed by atoms with Crippen LogP contribution in [-0.2, 0) is 6.54 Å². The number of hydrogen-bond acceptors (Lipinski definition) is 3. The van der Waals surface area contributed by atoms with Gasteiger partial charge in [0.15, 0.2) is 0 Å². The highest BCUT2D eigenvalue weighted by molar-refractivity contribution is 6.07. The largest absolute Gasteiger partial charge is 0.350 e. The molecule has 0 spiro atoms. The van der Waals surface area contributed by atoms with Crippen molar-refractivity contribution in [3.8, 4) is 0 Å². The Balaban J connectivity index is 1.20. The zero-order valence-electron chi connectivity index (χ0n) is 17.2. The summed E-state index contributed by atoms with van der Waals surface area (Å²) in [6.45, 7) is 5.91. The average molecular weight is 399 g/mol. The molecule has 1 aliphatic heterocycles. The van der Waals surface area contributed by atoms with Crippen molar-refractivity contribution in [3.05, 3.63) is 77.6 Å². The Labute approximate surface area is 176 Å². The van der Waals surface area contributed by atoms with Crippen molar-refractivity contribution in [1.29, 1.82) is 0 Å².